The zero-order valence-electron chi connectivity index (χ0n) is 12.9. The minimum atomic E-state index is -4.44. The molecule has 1 N–H and O–H groups in total. The van der Waals surface area contributed by atoms with Gasteiger partial charge < -0.3 is 14.7 Å². The number of nitrogens with zero attached hydrogens (tertiary/aromatic N) is 1. The largest absolute Gasteiger partial charge is 0.465 e. The van der Waals surface area contributed by atoms with Gasteiger partial charge in [-0.15, -0.1) is 0 Å². The van der Waals surface area contributed by atoms with Crippen LogP contribution < -0.4 is 0 Å². The number of halogens is 4. The summed E-state index contributed by atoms with van der Waals surface area (Å²) in [5.74, 6) is -0.410. The molecule has 1 aliphatic rings. The van der Waals surface area contributed by atoms with Gasteiger partial charge in [-0.25, -0.2) is 9.18 Å². The maximum atomic E-state index is 13.0. The number of likely N-dealkylation sites (tertiary alicyclic amines) is 1. The Morgan fingerprint density at radius 3 is 2.33 bits per heavy atom. The summed E-state index contributed by atoms with van der Waals surface area (Å²) in [4.78, 5) is 12.2. The molecule has 8 heteroatoms. The second-order valence-electron chi connectivity index (χ2n) is 5.92. The van der Waals surface area contributed by atoms with Gasteiger partial charge in [0.2, 0.25) is 0 Å². The predicted molar refractivity (Wildman–Crippen MR) is 78.1 cm³/mol. The molecule has 4 nitrogen and oxygen atoms in total. The normalized spacial score (nSPS) is 17.8. The van der Waals surface area contributed by atoms with Crippen LogP contribution in [-0.2, 0) is 4.74 Å². The van der Waals surface area contributed by atoms with E-state index in [1.165, 1.54) is 29.2 Å². The van der Waals surface area contributed by atoms with Crippen molar-refractivity contribution in [2.75, 3.05) is 19.7 Å². The number of amides is 1. The molecule has 1 atom stereocenters. The SMILES string of the molecule is O=C(O)N1CCC(C[C@@H](OCC(F)(F)F)c2ccc(F)cc2)CC1. The molecule has 0 aliphatic carbocycles. The van der Waals surface area contributed by atoms with Crippen LogP contribution in [-0.4, -0.2) is 42.0 Å². The van der Waals surface area contributed by atoms with Crippen molar-refractivity contribution in [2.45, 2.75) is 31.5 Å². The summed E-state index contributed by atoms with van der Waals surface area (Å²) in [6.07, 6.45) is -4.75. The van der Waals surface area contributed by atoms with Crippen molar-refractivity contribution in [3.63, 3.8) is 0 Å². The maximum absolute atomic E-state index is 13.0. The summed E-state index contributed by atoms with van der Waals surface area (Å²) in [7, 11) is 0. The summed E-state index contributed by atoms with van der Waals surface area (Å²) in [6.45, 7) is -0.659. The molecule has 0 unspecified atom stereocenters. The van der Waals surface area contributed by atoms with Crippen molar-refractivity contribution in [2.24, 2.45) is 5.92 Å². The molecular formula is C16H19F4NO3. The number of hydrogen-bond donors (Lipinski definition) is 1. The number of ether oxygens (including phenoxy) is 1. The van der Waals surface area contributed by atoms with Crippen molar-refractivity contribution < 1.29 is 32.2 Å². The highest BCUT2D eigenvalue weighted by atomic mass is 19.4. The zero-order chi connectivity index (χ0) is 17.7. The number of alkyl halides is 3. The minimum Gasteiger partial charge on any atom is -0.465 e. The molecule has 1 aromatic rings. The van der Waals surface area contributed by atoms with Gasteiger partial charge in [-0.3, -0.25) is 0 Å². The fourth-order valence-corrected chi connectivity index (χ4v) is 2.84. The van der Waals surface area contributed by atoms with E-state index in [-0.39, 0.29) is 5.92 Å². The summed E-state index contributed by atoms with van der Waals surface area (Å²) in [6, 6.07) is 5.21. The van der Waals surface area contributed by atoms with Crippen LogP contribution >= 0.6 is 0 Å². The highest BCUT2D eigenvalue weighted by Crippen LogP contribution is 2.32. The van der Waals surface area contributed by atoms with Crippen molar-refractivity contribution in [1.29, 1.82) is 0 Å². The lowest BCUT2D eigenvalue weighted by atomic mass is 9.89. The minimum absolute atomic E-state index is 0.0592. The number of rotatable bonds is 5. The Kier molecular flexibility index (Phi) is 6.04. The Bertz CT molecular complexity index is 539. The molecule has 1 aromatic carbocycles. The first-order valence-electron chi connectivity index (χ1n) is 7.66. The third kappa shape index (κ3) is 5.67. The summed E-state index contributed by atoms with van der Waals surface area (Å²) >= 11 is 0. The van der Waals surface area contributed by atoms with Crippen molar-refractivity contribution >= 4 is 6.09 Å². The van der Waals surface area contributed by atoms with E-state index < -0.39 is 30.8 Å². The summed E-state index contributed by atoms with van der Waals surface area (Å²) in [5.41, 5.74) is 0.487. The average molecular weight is 349 g/mol. The summed E-state index contributed by atoms with van der Waals surface area (Å²) < 4.78 is 55.4. The lowest BCUT2D eigenvalue weighted by Crippen LogP contribution is -2.37. The van der Waals surface area contributed by atoms with Gasteiger partial charge in [-0.05, 0) is 42.9 Å². The average Bonchev–Trinajstić information content (AvgIpc) is 2.52. The van der Waals surface area contributed by atoms with E-state index in [2.05, 4.69) is 0 Å². The second kappa shape index (κ2) is 7.83. The van der Waals surface area contributed by atoms with Crippen LogP contribution in [0.1, 0.15) is 30.9 Å². The quantitative estimate of drug-likeness (QED) is 0.810. The van der Waals surface area contributed by atoms with Crippen LogP contribution in [0.5, 0.6) is 0 Å². The molecule has 0 aromatic heterocycles. The molecule has 1 aliphatic heterocycles. The number of benzene rings is 1. The van der Waals surface area contributed by atoms with E-state index in [4.69, 9.17) is 9.84 Å². The number of carboxylic acid groups (broad SMARTS) is 1. The topological polar surface area (TPSA) is 49.8 Å². The molecule has 0 spiro atoms. The van der Waals surface area contributed by atoms with E-state index >= 15 is 0 Å². The van der Waals surface area contributed by atoms with Gasteiger partial charge in [0.25, 0.3) is 0 Å². The molecule has 2 rings (SSSR count). The number of carbonyl (C=O) groups is 1. The smallest absolute Gasteiger partial charge is 0.411 e. The highest BCUT2D eigenvalue weighted by molar-refractivity contribution is 5.64. The molecule has 1 fully saturated rings. The fraction of sp³-hybridized carbons (Fsp3) is 0.562. The first-order chi connectivity index (χ1) is 11.2. The van der Waals surface area contributed by atoms with Crippen molar-refractivity contribution in [3.05, 3.63) is 35.6 Å². The second-order valence-corrected chi connectivity index (χ2v) is 5.92. The predicted octanol–water partition coefficient (Wildman–Crippen LogP) is 4.23. The van der Waals surface area contributed by atoms with Crippen molar-refractivity contribution in [1.82, 2.24) is 4.90 Å². The number of hydrogen-bond acceptors (Lipinski definition) is 2. The van der Waals surface area contributed by atoms with E-state index in [1.54, 1.807) is 0 Å². The van der Waals surface area contributed by atoms with E-state index in [0.29, 0.717) is 37.9 Å². The molecule has 0 bridgehead atoms. The Morgan fingerprint density at radius 2 is 1.83 bits per heavy atom. The van der Waals surface area contributed by atoms with E-state index in [1.807, 2.05) is 0 Å². The molecular weight excluding hydrogens is 330 g/mol. The first kappa shape index (κ1) is 18.5. The Hall–Kier alpha value is -1.83. The van der Waals surface area contributed by atoms with Gasteiger partial charge >= 0.3 is 12.3 Å². The van der Waals surface area contributed by atoms with Gasteiger partial charge in [-0.2, -0.15) is 13.2 Å². The molecule has 1 amide bonds. The van der Waals surface area contributed by atoms with Gasteiger partial charge in [0.15, 0.2) is 0 Å². The van der Waals surface area contributed by atoms with Crippen LogP contribution in [0, 0.1) is 11.7 Å². The molecule has 1 saturated heterocycles. The van der Waals surface area contributed by atoms with Gasteiger partial charge in [0, 0.05) is 13.1 Å². The van der Waals surface area contributed by atoms with Gasteiger partial charge in [0.05, 0.1) is 6.10 Å². The lowest BCUT2D eigenvalue weighted by Gasteiger charge is -2.32. The third-order valence-corrected chi connectivity index (χ3v) is 4.12. The Labute approximate surface area is 137 Å². The zero-order valence-corrected chi connectivity index (χ0v) is 12.9. The maximum Gasteiger partial charge on any atom is 0.411 e. The molecule has 1 heterocycles. The third-order valence-electron chi connectivity index (χ3n) is 4.12. The Morgan fingerprint density at radius 1 is 1.25 bits per heavy atom. The Balaban J connectivity index is 2.00. The van der Waals surface area contributed by atoms with Crippen LogP contribution in [0.3, 0.4) is 0 Å². The molecule has 0 radical (unpaired) electrons. The van der Waals surface area contributed by atoms with Gasteiger partial charge in [-0.1, -0.05) is 12.1 Å². The monoisotopic (exact) mass is 349 g/mol. The van der Waals surface area contributed by atoms with Crippen LogP contribution in [0.4, 0.5) is 22.4 Å². The molecule has 134 valence electrons. The highest BCUT2D eigenvalue weighted by Gasteiger charge is 2.31. The van der Waals surface area contributed by atoms with Crippen molar-refractivity contribution in [3.8, 4) is 0 Å². The molecule has 24 heavy (non-hydrogen) atoms. The van der Waals surface area contributed by atoms with Crippen LogP contribution in [0.25, 0.3) is 0 Å². The first-order valence-corrected chi connectivity index (χ1v) is 7.66. The molecule has 0 saturated carbocycles. The fourth-order valence-electron chi connectivity index (χ4n) is 2.84. The standard InChI is InChI=1S/C16H19F4NO3/c17-13-3-1-12(2-4-13)14(24-10-16(18,19)20)9-11-5-7-21(8-6-11)15(22)23/h1-4,11,14H,5-10H2,(H,22,23)/t14-/m1/s1. The van der Waals surface area contributed by atoms with E-state index in [0.717, 1.165) is 0 Å². The van der Waals surface area contributed by atoms with Crippen LogP contribution in [0.15, 0.2) is 24.3 Å². The van der Waals surface area contributed by atoms with Crippen LogP contribution in [0.2, 0.25) is 0 Å². The number of piperidine rings is 1. The summed E-state index contributed by atoms with van der Waals surface area (Å²) in [5, 5.41) is 8.92. The van der Waals surface area contributed by atoms with E-state index in [9.17, 15) is 22.4 Å². The van der Waals surface area contributed by atoms with Gasteiger partial charge in [0.1, 0.15) is 12.4 Å². The lowest BCUT2D eigenvalue weighted by molar-refractivity contribution is -0.188.